The van der Waals surface area contributed by atoms with Gasteiger partial charge in [-0.3, -0.25) is 4.79 Å². The molecule has 0 saturated heterocycles. The van der Waals surface area contributed by atoms with E-state index in [1.807, 2.05) is 0 Å². The second-order valence-corrected chi connectivity index (χ2v) is 2.64. The van der Waals surface area contributed by atoms with Gasteiger partial charge in [-0.1, -0.05) is 6.07 Å². The number of aryl methyl sites for hydroxylation is 1. The standard InChI is InChI=1S/C9H9F2NO/c1-5-3-4-6(9(13)12-2)8(11)7(5)10/h3-4H,1-2H3,(H,12,13). The normalized spacial score (nSPS) is 9.85. The van der Waals surface area contributed by atoms with E-state index < -0.39 is 17.5 Å². The van der Waals surface area contributed by atoms with Crippen LogP contribution in [0.25, 0.3) is 0 Å². The SMILES string of the molecule is CNC(=O)c1ccc(C)c(F)c1F. The second kappa shape index (κ2) is 3.51. The van der Waals surface area contributed by atoms with Crippen LogP contribution in [0, 0.1) is 18.6 Å². The second-order valence-electron chi connectivity index (χ2n) is 2.64. The third-order valence-corrected chi connectivity index (χ3v) is 1.75. The minimum atomic E-state index is -1.10. The summed E-state index contributed by atoms with van der Waals surface area (Å²) in [5.41, 5.74) is -0.0873. The number of halogens is 2. The highest BCUT2D eigenvalue weighted by atomic mass is 19.2. The lowest BCUT2D eigenvalue weighted by Crippen LogP contribution is -2.20. The number of benzene rings is 1. The fourth-order valence-corrected chi connectivity index (χ4v) is 0.956. The summed E-state index contributed by atoms with van der Waals surface area (Å²) in [6, 6.07) is 2.62. The van der Waals surface area contributed by atoms with Gasteiger partial charge in [-0.05, 0) is 18.6 Å². The molecule has 1 amide bonds. The number of carbonyl (C=O) groups excluding carboxylic acids is 1. The predicted molar refractivity (Wildman–Crippen MR) is 44.5 cm³/mol. The molecule has 1 N–H and O–H groups in total. The van der Waals surface area contributed by atoms with Crippen LogP contribution in [0.5, 0.6) is 0 Å². The summed E-state index contributed by atoms with van der Waals surface area (Å²) in [6.45, 7) is 1.44. The Morgan fingerprint density at radius 1 is 1.31 bits per heavy atom. The molecule has 0 saturated carbocycles. The summed E-state index contributed by atoms with van der Waals surface area (Å²) in [6.07, 6.45) is 0. The Balaban J connectivity index is 3.26. The number of rotatable bonds is 1. The molecule has 0 spiro atoms. The number of carbonyl (C=O) groups is 1. The zero-order chi connectivity index (χ0) is 10.0. The van der Waals surface area contributed by atoms with Crippen LogP contribution in [0.1, 0.15) is 15.9 Å². The van der Waals surface area contributed by atoms with Gasteiger partial charge in [0.1, 0.15) is 0 Å². The molecule has 0 radical (unpaired) electrons. The smallest absolute Gasteiger partial charge is 0.254 e. The molecule has 0 aliphatic carbocycles. The number of amides is 1. The monoisotopic (exact) mass is 185 g/mol. The largest absolute Gasteiger partial charge is 0.355 e. The predicted octanol–water partition coefficient (Wildman–Crippen LogP) is 1.63. The highest BCUT2D eigenvalue weighted by Gasteiger charge is 2.15. The number of nitrogens with one attached hydrogen (secondary N) is 1. The average Bonchev–Trinajstić information content (AvgIpc) is 2.13. The molecule has 0 atom stereocenters. The summed E-state index contributed by atoms with van der Waals surface area (Å²) < 4.78 is 26.0. The van der Waals surface area contributed by atoms with E-state index in [1.165, 1.54) is 26.1 Å². The van der Waals surface area contributed by atoms with Crippen LogP contribution in [0.3, 0.4) is 0 Å². The van der Waals surface area contributed by atoms with E-state index >= 15 is 0 Å². The fraction of sp³-hybridized carbons (Fsp3) is 0.222. The van der Waals surface area contributed by atoms with Gasteiger partial charge >= 0.3 is 0 Å². The lowest BCUT2D eigenvalue weighted by atomic mass is 10.1. The van der Waals surface area contributed by atoms with Crippen molar-refractivity contribution >= 4 is 5.91 Å². The Hall–Kier alpha value is -1.45. The van der Waals surface area contributed by atoms with Gasteiger partial charge < -0.3 is 5.32 Å². The van der Waals surface area contributed by atoms with E-state index in [0.29, 0.717) is 0 Å². The van der Waals surface area contributed by atoms with Crippen molar-refractivity contribution in [2.24, 2.45) is 0 Å². The first-order valence-electron chi connectivity index (χ1n) is 3.74. The third kappa shape index (κ3) is 1.66. The van der Waals surface area contributed by atoms with Crippen molar-refractivity contribution in [1.82, 2.24) is 5.32 Å². The fourth-order valence-electron chi connectivity index (χ4n) is 0.956. The van der Waals surface area contributed by atoms with E-state index in [-0.39, 0.29) is 11.1 Å². The number of hydrogen-bond acceptors (Lipinski definition) is 1. The van der Waals surface area contributed by atoms with Gasteiger partial charge in [-0.25, -0.2) is 8.78 Å². The molecule has 70 valence electrons. The van der Waals surface area contributed by atoms with Crippen LogP contribution in [0.2, 0.25) is 0 Å². The van der Waals surface area contributed by atoms with Gasteiger partial charge in [0.2, 0.25) is 0 Å². The van der Waals surface area contributed by atoms with E-state index in [4.69, 9.17) is 0 Å². The first-order chi connectivity index (χ1) is 6.07. The Labute approximate surface area is 74.6 Å². The van der Waals surface area contributed by atoms with Crippen LogP contribution in [0.4, 0.5) is 8.78 Å². The molecule has 13 heavy (non-hydrogen) atoms. The molecule has 0 aromatic heterocycles. The van der Waals surface area contributed by atoms with Gasteiger partial charge in [-0.2, -0.15) is 0 Å². The van der Waals surface area contributed by atoms with Gasteiger partial charge in [0.15, 0.2) is 11.6 Å². The average molecular weight is 185 g/mol. The molecule has 0 heterocycles. The van der Waals surface area contributed by atoms with E-state index in [2.05, 4.69) is 5.32 Å². The lowest BCUT2D eigenvalue weighted by molar-refractivity contribution is 0.0958. The van der Waals surface area contributed by atoms with E-state index in [9.17, 15) is 13.6 Å². The molecule has 0 aliphatic heterocycles. The molecule has 0 bridgehead atoms. The third-order valence-electron chi connectivity index (χ3n) is 1.75. The van der Waals surface area contributed by atoms with Crippen molar-refractivity contribution in [2.45, 2.75) is 6.92 Å². The Bertz CT molecular complexity index is 350. The van der Waals surface area contributed by atoms with Gasteiger partial charge in [0, 0.05) is 7.05 Å². The molecule has 0 fully saturated rings. The first kappa shape index (κ1) is 9.64. The number of hydrogen-bond donors (Lipinski definition) is 1. The van der Waals surface area contributed by atoms with Crippen LogP contribution in [-0.4, -0.2) is 13.0 Å². The maximum absolute atomic E-state index is 13.1. The maximum Gasteiger partial charge on any atom is 0.254 e. The maximum atomic E-state index is 13.1. The lowest BCUT2D eigenvalue weighted by Gasteiger charge is -2.03. The quantitative estimate of drug-likeness (QED) is 0.707. The molecular weight excluding hydrogens is 176 g/mol. The van der Waals surface area contributed by atoms with E-state index in [0.717, 1.165) is 0 Å². The minimum absolute atomic E-state index is 0.185. The Kier molecular flexibility index (Phi) is 2.60. The summed E-state index contributed by atoms with van der Waals surface area (Å²) in [5, 5.41) is 2.22. The van der Waals surface area contributed by atoms with Crippen LogP contribution >= 0.6 is 0 Å². The van der Waals surface area contributed by atoms with Gasteiger partial charge in [0.05, 0.1) is 5.56 Å². The molecule has 1 rings (SSSR count). The van der Waals surface area contributed by atoms with Crippen molar-refractivity contribution in [3.05, 3.63) is 34.9 Å². The Morgan fingerprint density at radius 2 is 1.92 bits per heavy atom. The Morgan fingerprint density at radius 3 is 2.46 bits per heavy atom. The van der Waals surface area contributed by atoms with Gasteiger partial charge in [-0.15, -0.1) is 0 Å². The molecule has 0 aliphatic rings. The zero-order valence-corrected chi connectivity index (χ0v) is 7.32. The highest BCUT2D eigenvalue weighted by Crippen LogP contribution is 2.15. The highest BCUT2D eigenvalue weighted by molar-refractivity contribution is 5.94. The van der Waals surface area contributed by atoms with Crippen LogP contribution in [0.15, 0.2) is 12.1 Å². The molecule has 0 unspecified atom stereocenters. The molecule has 1 aromatic rings. The zero-order valence-electron chi connectivity index (χ0n) is 7.32. The summed E-state index contributed by atoms with van der Waals surface area (Å²) in [7, 11) is 1.36. The topological polar surface area (TPSA) is 29.1 Å². The summed E-state index contributed by atoms with van der Waals surface area (Å²) in [5.74, 6) is -2.70. The van der Waals surface area contributed by atoms with Crippen molar-refractivity contribution in [2.75, 3.05) is 7.05 Å². The molecule has 1 aromatic carbocycles. The van der Waals surface area contributed by atoms with Crippen molar-refractivity contribution in [1.29, 1.82) is 0 Å². The van der Waals surface area contributed by atoms with Crippen molar-refractivity contribution < 1.29 is 13.6 Å². The van der Waals surface area contributed by atoms with E-state index in [1.54, 1.807) is 0 Å². The summed E-state index contributed by atoms with van der Waals surface area (Å²) >= 11 is 0. The minimum Gasteiger partial charge on any atom is -0.355 e. The van der Waals surface area contributed by atoms with Gasteiger partial charge in [0.25, 0.3) is 5.91 Å². The molecule has 4 heteroatoms. The molecule has 2 nitrogen and oxygen atoms in total. The van der Waals surface area contributed by atoms with Crippen LogP contribution in [-0.2, 0) is 0 Å². The summed E-state index contributed by atoms with van der Waals surface area (Å²) in [4.78, 5) is 11.0. The first-order valence-corrected chi connectivity index (χ1v) is 3.74. The van der Waals surface area contributed by atoms with Crippen LogP contribution < -0.4 is 5.32 Å². The molecular formula is C9H9F2NO. The van der Waals surface area contributed by atoms with Crippen molar-refractivity contribution in [3.63, 3.8) is 0 Å². The van der Waals surface area contributed by atoms with Crippen molar-refractivity contribution in [3.8, 4) is 0 Å².